The van der Waals surface area contributed by atoms with Crippen molar-refractivity contribution in [1.29, 1.82) is 0 Å². The normalized spacial score (nSPS) is 12.5. The van der Waals surface area contributed by atoms with Crippen LogP contribution in [-0.4, -0.2) is 12.0 Å². The fraction of sp³-hybridized carbons (Fsp3) is 0.118. The van der Waals surface area contributed by atoms with Gasteiger partial charge in [0.25, 0.3) is 0 Å². The predicted octanol–water partition coefficient (Wildman–Crippen LogP) is 4.34. The lowest BCUT2D eigenvalue weighted by Crippen LogP contribution is -2.18. The van der Waals surface area contributed by atoms with Crippen LogP contribution in [0.3, 0.4) is 0 Å². The van der Waals surface area contributed by atoms with Crippen LogP contribution in [0.2, 0.25) is 5.02 Å². The summed E-state index contributed by atoms with van der Waals surface area (Å²) in [6.45, 7) is 0. The van der Waals surface area contributed by atoms with Gasteiger partial charge in [0, 0.05) is 16.6 Å². The van der Waals surface area contributed by atoms with E-state index < -0.39 is 0 Å². The van der Waals surface area contributed by atoms with Gasteiger partial charge < -0.3 is 5.32 Å². The Balaban J connectivity index is 2.09. The van der Waals surface area contributed by atoms with Gasteiger partial charge in [0.15, 0.2) is 0 Å². The molecule has 0 aliphatic carbocycles. The van der Waals surface area contributed by atoms with Gasteiger partial charge in [-0.05, 0) is 42.4 Å². The SMILES string of the molecule is CNC(c1cnc2ccccc2c1)c1ccc(F)cc1Cl. The van der Waals surface area contributed by atoms with Crippen LogP contribution in [0.5, 0.6) is 0 Å². The Labute approximate surface area is 127 Å². The molecule has 3 aromatic rings. The molecule has 1 unspecified atom stereocenters. The Hall–Kier alpha value is -1.97. The molecule has 0 saturated heterocycles. The molecule has 21 heavy (non-hydrogen) atoms. The first-order chi connectivity index (χ1) is 10.2. The minimum absolute atomic E-state index is 0.129. The number of nitrogens with one attached hydrogen (secondary N) is 1. The molecular formula is C17H14ClFN2. The second kappa shape index (κ2) is 5.80. The minimum atomic E-state index is -0.338. The third kappa shape index (κ3) is 2.75. The van der Waals surface area contributed by atoms with E-state index in [0.717, 1.165) is 22.0 Å². The molecule has 0 fully saturated rings. The summed E-state index contributed by atoms with van der Waals surface area (Å²) in [4.78, 5) is 4.47. The number of aromatic nitrogens is 1. The van der Waals surface area contributed by atoms with Crippen LogP contribution >= 0.6 is 11.6 Å². The summed E-state index contributed by atoms with van der Waals surface area (Å²) in [7, 11) is 1.85. The minimum Gasteiger partial charge on any atom is -0.309 e. The maximum Gasteiger partial charge on any atom is 0.124 e. The number of fused-ring (bicyclic) bond motifs is 1. The van der Waals surface area contributed by atoms with Crippen molar-refractivity contribution in [2.24, 2.45) is 0 Å². The zero-order valence-electron chi connectivity index (χ0n) is 11.5. The molecule has 1 N–H and O–H groups in total. The molecule has 0 aliphatic rings. The molecule has 2 aromatic carbocycles. The Morgan fingerprint density at radius 2 is 1.95 bits per heavy atom. The van der Waals surface area contributed by atoms with E-state index in [9.17, 15) is 4.39 Å². The van der Waals surface area contributed by atoms with Crippen LogP contribution in [0, 0.1) is 5.82 Å². The van der Waals surface area contributed by atoms with Crippen LogP contribution in [0.15, 0.2) is 54.7 Å². The van der Waals surface area contributed by atoms with E-state index in [1.54, 1.807) is 6.07 Å². The van der Waals surface area contributed by atoms with Crippen molar-refractivity contribution in [2.75, 3.05) is 7.05 Å². The number of benzene rings is 2. The summed E-state index contributed by atoms with van der Waals surface area (Å²) >= 11 is 6.17. The van der Waals surface area contributed by atoms with Gasteiger partial charge in [0.2, 0.25) is 0 Å². The first-order valence-corrected chi connectivity index (χ1v) is 7.04. The molecule has 2 nitrogen and oxygen atoms in total. The van der Waals surface area contributed by atoms with Crippen LogP contribution in [0.4, 0.5) is 4.39 Å². The molecule has 0 spiro atoms. The molecular weight excluding hydrogens is 287 g/mol. The molecule has 1 atom stereocenters. The lowest BCUT2D eigenvalue weighted by atomic mass is 9.99. The summed E-state index contributed by atoms with van der Waals surface area (Å²) in [5.41, 5.74) is 2.77. The van der Waals surface area contributed by atoms with E-state index in [0.29, 0.717) is 5.02 Å². The number of rotatable bonds is 3. The average molecular weight is 301 g/mol. The lowest BCUT2D eigenvalue weighted by molar-refractivity contribution is 0.623. The van der Waals surface area contributed by atoms with Gasteiger partial charge in [0.1, 0.15) is 5.82 Å². The summed E-state index contributed by atoms with van der Waals surface area (Å²) in [6, 6.07) is 14.3. The second-order valence-corrected chi connectivity index (χ2v) is 5.26. The van der Waals surface area contributed by atoms with Crippen molar-refractivity contribution in [3.8, 4) is 0 Å². The van der Waals surface area contributed by atoms with Crippen molar-refractivity contribution in [2.45, 2.75) is 6.04 Å². The van der Waals surface area contributed by atoms with Gasteiger partial charge in [-0.2, -0.15) is 0 Å². The Morgan fingerprint density at radius 3 is 2.71 bits per heavy atom. The van der Waals surface area contributed by atoms with Crippen LogP contribution in [0.1, 0.15) is 17.2 Å². The van der Waals surface area contributed by atoms with Crippen LogP contribution in [-0.2, 0) is 0 Å². The highest BCUT2D eigenvalue weighted by Gasteiger charge is 2.16. The number of pyridine rings is 1. The van der Waals surface area contributed by atoms with Gasteiger partial charge in [-0.1, -0.05) is 35.9 Å². The van der Waals surface area contributed by atoms with Gasteiger partial charge in [0.05, 0.1) is 11.6 Å². The number of hydrogen-bond donors (Lipinski definition) is 1. The van der Waals surface area contributed by atoms with E-state index in [1.807, 2.05) is 37.5 Å². The molecule has 0 saturated carbocycles. The number of hydrogen-bond acceptors (Lipinski definition) is 2. The van der Waals surface area contributed by atoms with E-state index >= 15 is 0 Å². The zero-order valence-corrected chi connectivity index (χ0v) is 12.2. The zero-order chi connectivity index (χ0) is 14.8. The monoisotopic (exact) mass is 300 g/mol. The quantitative estimate of drug-likeness (QED) is 0.778. The molecule has 4 heteroatoms. The van der Waals surface area contributed by atoms with Crippen molar-refractivity contribution in [3.63, 3.8) is 0 Å². The standard InChI is InChI=1S/C17H14ClFN2/c1-20-17(14-7-6-13(19)9-15(14)18)12-8-11-4-2-3-5-16(11)21-10-12/h2-10,17,20H,1H3. The molecule has 0 bridgehead atoms. The van der Waals surface area contributed by atoms with E-state index in [2.05, 4.69) is 16.4 Å². The highest BCUT2D eigenvalue weighted by atomic mass is 35.5. The van der Waals surface area contributed by atoms with Gasteiger partial charge in [-0.25, -0.2) is 4.39 Å². The van der Waals surface area contributed by atoms with Gasteiger partial charge >= 0.3 is 0 Å². The third-order valence-corrected chi connectivity index (χ3v) is 3.83. The Morgan fingerprint density at radius 1 is 1.14 bits per heavy atom. The first kappa shape index (κ1) is 14.0. The van der Waals surface area contributed by atoms with Crippen molar-refractivity contribution in [1.82, 2.24) is 10.3 Å². The molecule has 0 amide bonds. The summed E-state index contributed by atoms with van der Waals surface area (Å²) in [5, 5.41) is 4.68. The largest absolute Gasteiger partial charge is 0.309 e. The average Bonchev–Trinajstić information content (AvgIpc) is 2.50. The summed E-state index contributed by atoms with van der Waals surface area (Å²) < 4.78 is 13.2. The van der Waals surface area contributed by atoms with E-state index in [1.165, 1.54) is 12.1 Å². The highest BCUT2D eigenvalue weighted by Crippen LogP contribution is 2.29. The van der Waals surface area contributed by atoms with E-state index in [4.69, 9.17) is 11.6 Å². The number of nitrogens with zero attached hydrogens (tertiary/aromatic N) is 1. The lowest BCUT2D eigenvalue weighted by Gasteiger charge is -2.18. The van der Waals surface area contributed by atoms with Crippen LogP contribution < -0.4 is 5.32 Å². The first-order valence-electron chi connectivity index (χ1n) is 6.66. The summed E-state index contributed by atoms with van der Waals surface area (Å²) in [6.07, 6.45) is 1.82. The topological polar surface area (TPSA) is 24.9 Å². The molecule has 1 heterocycles. The second-order valence-electron chi connectivity index (χ2n) is 4.85. The molecule has 0 radical (unpaired) electrons. The number of halogens is 2. The van der Waals surface area contributed by atoms with Crippen molar-refractivity contribution in [3.05, 3.63) is 76.7 Å². The maximum atomic E-state index is 13.2. The maximum absolute atomic E-state index is 13.2. The van der Waals surface area contributed by atoms with E-state index in [-0.39, 0.29) is 11.9 Å². The van der Waals surface area contributed by atoms with Crippen LogP contribution in [0.25, 0.3) is 10.9 Å². The Kier molecular flexibility index (Phi) is 3.86. The predicted molar refractivity (Wildman–Crippen MR) is 84.1 cm³/mol. The fourth-order valence-electron chi connectivity index (χ4n) is 2.48. The number of para-hydroxylation sites is 1. The molecule has 106 valence electrons. The smallest absolute Gasteiger partial charge is 0.124 e. The molecule has 1 aromatic heterocycles. The van der Waals surface area contributed by atoms with Crippen molar-refractivity contribution < 1.29 is 4.39 Å². The molecule has 0 aliphatic heterocycles. The molecule has 3 rings (SSSR count). The summed E-state index contributed by atoms with van der Waals surface area (Å²) in [5.74, 6) is -0.338. The third-order valence-electron chi connectivity index (χ3n) is 3.51. The highest BCUT2D eigenvalue weighted by molar-refractivity contribution is 6.31. The fourth-order valence-corrected chi connectivity index (χ4v) is 2.76. The van der Waals surface area contributed by atoms with Gasteiger partial charge in [-0.3, -0.25) is 4.98 Å². The van der Waals surface area contributed by atoms with Gasteiger partial charge in [-0.15, -0.1) is 0 Å². The van der Waals surface area contributed by atoms with Crippen molar-refractivity contribution >= 4 is 22.5 Å². The Bertz CT molecular complexity index is 789.